The minimum atomic E-state index is -0.557. The van der Waals surface area contributed by atoms with E-state index < -0.39 is 95.8 Å². The lowest BCUT2D eigenvalue weighted by Crippen LogP contribution is -2.56. The van der Waals surface area contributed by atoms with Crippen molar-refractivity contribution in [2.45, 2.75) is 304 Å². The summed E-state index contributed by atoms with van der Waals surface area (Å²) in [6, 6.07) is 2.20. The van der Waals surface area contributed by atoms with Gasteiger partial charge in [0.2, 0.25) is 59.1 Å². The van der Waals surface area contributed by atoms with Gasteiger partial charge in [-0.25, -0.2) is 0 Å². The number of primary amides is 1. The van der Waals surface area contributed by atoms with Gasteiger partial charge < -0.3 is 81.6 Å². The molecule has 25 nitrogen and oxygen atoms in total. The SMILES string of the molecule is NCCCC[C@H](CC(N)=O)NC(=O)C1CCCCC1NC(=O)C1CCCCC1NC(=O)C[C@@H](CCCCN)NC(=O)C1CCCCC1NC(=O)C1CCCCC1NC(=O)C[C@@H](CCCCN)NC(=O)C1CCCCC1NC(=O)C1CCCCC1NC(=O)C[C@H](N)Cc1ccc(O)cc1. The van der Waals surface area contributed by atoms with Crippen LogP contribution >= 0.6 is 0 Å². The van der Waals surface area contributed by atoms with E-state index in [1.54, 1.807) is 24.3 Å². The Morgan fingerprint density at radius 3 is 0.918 bits per heavy atom. The van der Waals surface area contributed by atoms with Gasteiger partial charge in [0.15, 0.2) is 0 Å². The monoisotopic (exact) mass is 1370 g/mol. The number of phenols is 1. The number of amides is 10. The van der Waals surface area contributed by atoms with Crippen molar-refractivity contribution in [1.29, 1.82) is 0 Å². The van der Waals surface area contributed by atoms with Crippen molar-refractivity contribution in [2.75, 3.05) is 19.6 Å². The first-order chi connectivity index (χ1) is 47.3. The van der Waals surface area contributed by atoms with Gasteiger partial charge in [0, 0.05) is 86.1 Å². The van der Waals surface area contributed by atoms with E-state index in [2.05, 4.69) is 47.9 Å². The summed E-state index contributed by atoms with van der Waals surface area (Å²) in [5.41, 5.74) is 30.4. The minimum Gasteiger partial charge on any atom is -0.508 e. The summed E-state index contributed by atoms with van der Waals surface area (Å²) < 4.78 is 0. The van der Waals surface area contributed by atoms with Crippen LogP contribution in [-0.4, -0.2) is 144 Å². The summed E-state index contributed by atoms with van der Waals surface area (Å²) >= 11 is 0. The maximum atomic E-state index is 14.5. The van der Waals surface area contributed by atoms with Gasteiger partial charge >= 0.3 is 0 Å². The topological polar surface area (TPSA) is 429 Å². The van der Waals surface area contributed by atoms with E-state index in [0.29, 0.717) is 148 Å². The highest BCUT2D eigenvalue weighted by Gasteiger charge is 2.42. The van der Waals surface area contributed by atoms with Crippen molar-refractivity contribution >= 4 is 59.1 Å². The predicted molar refractivity (Wildman–Crippen MR) is 375 cm³/mol. The van der Waals surface area contributed by atoms with E-state index in [4.69, 9.17) is 28.7 Å². The highest BCUT2D eigenvalue weighted by atomic mass is 16.3. The molecule has 0 saturated heterocycles. The van der Waals surface area contributed by atoms with Crippen LogP contribution in [0.4, 0.5) is 0 Å². The van der Waals surface area contributed by atoms with E-state index in [9.17, 15) is 53.1 Å². The van der Waals surface area contributed by atoms with Gasteiger partial charge in [0.25, 0.3) is 0 Å². The molecule has 1 aromatic rings. The second-order valence-electron chi connectivity index (χ2n) is 29.6. The van der Waals surface area contributed by atoms with Gasteiger partial charge in [-0.3, -0.25) is 47.9 Å². The summed E-state index contributed by atoms with van der Waals surface area (Å²) in [4.78, 5) is 139. The number of nitrogens with one attached hydrogen (secondary N) is 9. The van der Waals surface area contributed by atoms with Gasteiger partial charge in [-0.15, -0.1) is 0 Å². The third-order valence-electron chi connectivity index (χ3n) is 21.9. The Morgan fingerprint density at radius 1 is 0.357 bits per heavy atom. The summed E-state index contributed by atoms with van der Waals surface area (Å²) in [6.07, 6.45) is 23.3. The fourth-order valence-electron chi connectivity index (χ4n) is 16.5. The minimum absolute atomic E-state index is 0.0127. The lowest BCUT2D eigenvalue weighted by Gasteiger charge is -2.37. The Balaban J connectivity index is 0.911. The molecular weight excluding hydrogens is 1250 g/mol. The lowest BCUT2D eigenvalue weighted by atomic mass is 9.80. The van der Waals surface area contributed by atoms with Crippen molar-refractivity contribution in [1.82, 2.24) is 47.9 Å². The normalized spacial score (nSPS) is 27.0. The molecule has 550 valence electrons. The number of unbranched alkanes of at least 4 members (excludes halogenated alkanes) is 3. The molecule has 0 bridgehead atoms. The smallest absolute Gasteiger partial charge is 0.225 e. The Labute approximate surface area is 581 Å². The highest BCUT2D eigenvalue weighted by Crippen LogP contribution is 2.33. The zero-order valence-corrected chi connectivity index (χ0v) is 58.5. The van der Waals surface area contributed by atoms with Crippen LogP contribution in [0.1, 0.15) is 243 Å². The van der Waals surface area contributed by atoms with E-state index >= 15 is 0 Å². The van der Waals surface area contributed by atoms with Crippen molar-refractivity contribution in [2.24, 2.45) is 64.2 Å². The lowest BCUT2D eigenvalue weighted by molar-refractivity contribution is -0.134. The molecule has 20 N–H and O–H groups in total. The Kier molecular flexibility index (Phi) is 33.8. The number of carbonyl (C=O) groups excluding carboxylic acids is 10. The van der Waals surface area contributed by atoms with Gasteiger partial charge in [-0.1, -0.05) is 108 Å². The predicted octanol–water partition coefficient (Wildman–Crippen LogP) is 4.20. The number of nitrogens with two attached hydrogens (primary N) is 5. The first-order valence-electron chi connectivity index (χ1n) is 37.9. The number of aromatic hydroxyl groups is 1. The average Bonchev–Trinajstić information content (AvgIpc) is 0.863. The highest BCUT2D eigenvalue weighted by molar-refractivity contribution is 5.88. The molecule has 25 heteroatoms. The molecule has 7 rings (SSSR count). The number of phenolic OH excluding ortho intramolecular Hbond substituents is 1. The first-order valence-corrected chi connectivity index (χ1v) is 37.9. The van der Waals surface area contributed by atoms with Crippen LogP contribution in [0.2, 0.25) is 0 Å². The van der Waals surface area contributed by atoms with Gasteiger partial charge in [-0.2, -0.15) is 0 Å². The van der Waals surface area contributed by atoms with Crippen LogP contribution in [0.3, 0.4) is 0 Å². The summed E-state index contributed by atoms with van der Waals surface area (Å²) in [6.45, 7) is 1.40. The molecule has 6 fully saturated rings. The number of carbonyl (C=O) groups is 10. The molecule has 0 spiro atoms. The van der Waals surface area contributed by atoms with Crippen LogP contribution in [-0.2, 0) is 54.4 Å². The third kappa shape index (κ3) is 25.9. The Morgan fingerprint density at radius 2 is 0.622 bits per heavy atom. The van der Waals surface area contributed by atoms with Gasteiger partial charge in [-0.05, 0) is 159 Å². The number of hydrogen-bond donors (Lipinski definition) is 15. The maximum absolute atomic E-state index is 14.5. The molecule has 6 aliphatic carbocycles. The molecule has 0 radical (unpaired) electrons. The average molecular weight is 1370 g/mol. The van der Waals surface area contributed by atoms with Gasteiger partial charge in [0.1, 0.15) is 5.75 Å². The van der Waals surface area contributed by atoms with Crippen LogP contribution in [0, 0.1) is 35.5 Å². The molecular formula is C73H122N14O11. The molecule has 6 saturated carbocycles. The maximum Gasteiger partial charge on any atom is 0.225 e. The molecule has 0 aromatic heterocycles. The molecule has 10 amide bonds. The van der Waals surface area contributed by atoms with Crippen LogP contribution in [0.15, 0.2) is 24.3 Å². The van der Waals surface area contributed by atoms with Crippen molar-refractivity contribution in [3.63, 3.8) is 0 Å². The zero-order valence-electron chi connectivity index (χ0n) is 58.5. The molecule has 6 aliphatic rings. The second-order valence-corrected chi connectivity index (χ2v) is 29.6. The molecule has 0 aliphatic heterocycles. The molecule has 98 heavy (non-hydrogen) atoms. The largest absolute Gasteiger partial charge is 0.508 e. The van der Waals surface area contributed by atoms with Crippen LogP contribution in [0.5, 0.6) is 5.75 Å². The Bertz CT molecular complexity index is 2720. The first kappa shape index (κ1) is 78.9. The van der Waals surface area contributed by atoms with E-state index in [1.807, 2.05) is 0 Å². The van der Waals surface area contributed by atoms with Gasteiger partial charge in [0.05, 0.1) is 35.5 Å². The van der Waals surface area contributed by atoms with E-state index in [0.717, 1.165) is 95.5 Å². The summed E-state index contributed by atoms with van der Waals surface area (Å²) in [5.74, 6) is -5.51. The fraction of sp³-hybridized carbons (Fsp3) is 0.781. The third-order valence-corrected chi connectivity index (χ3v) is 21.9. The quantitative estimate of drug-likeness (QED) is 0.0415. The molecule has 16 atom stereocenters. The summed E-state index contributed by atoms with van der Waals surface area (Å²) in [5, 5.41) is 38.3. The van der Waals surface area contributed by atoms with Crippen LogP contribution in [0.25, 0.3) is 0 Å². The molecule has 1 aromatic carbocycles. The molecule has 12 unspecified atom stereocenters. The zero-order chi connectivity index (χ0) is 70.3. The van der Waals surface area contributed by atoms with Crippen molar-refractivity contribution in [3.05, 3.63) is 29.8 Å². The summed E-state index contributed by atoms with van der Waals surface area (Å²) in [7, 11) is 0. The fourth-order valence-corrected chi connectivity index (χ4v) is 16.5. The number of benzene rings is 1. The Hall–Kier alpha value is -6.44. The van der Waals surface area contributed by atoms with Crippen LogP contribution < -0.4 is 76.5 Å². The van der Waals surface area contributed by atoms with E-state index in [-0.39, 0.29) is 90.6 Å². The van der Waals surface area contributed by atoms with E-state index in [1.165, 1.54) is 0 Å². The number of rotatable bonds is 37. The molecule has 0 heterocycles. The second kappa shape index (κ2) is 42.0. The van der Waals surface area contributed by atoms with Crippen molar-refractivity contribution in [3.8, 4) is 5.75 Å². The van der Waals surface area contributed by atoms with Crippen molar-refractivity contribution < 1.29 is 53.1 Å². The number of hydrogen-bond acceptors (Lipinski definition) is 15. The standard InChI is InChI=1S/C73H122N14O11/c74-38-16-13-19-48(43-64(78)89)79-68(93)55-25-4-10-31-61(55)85-72(97)53-23-2-8-29-59(53)83-66(91)45-50(21-15-18-40-76)81-70(95)57-27-6-12-33-63(57)87-73(98)54-24-3-9-30-60(54)84-67(92)44-49(20-14-17-39-75)80-69(94)56-26-5-11-32-62(56)86-71(96)52-22-1-7-28-58(52)82-65(90)42-47(77)41-46-34-36-51(88)37-35-46/h34-37,47-50,52-63,88H,1-33,38-45,74-77H2,(H2,78,89)(H,79,93)(H,80,94)(H,81,95)(H,82,90)(H,83,91)(H,84,92)(H,85,97)(H,86,96)(H,87,98)/t47-,48-,49-,50-,52?,53?,54?,55?,56?,57?,58?,59?,60?,61?,62?,63?/m1/s1.